The Balaban J connectivity index is 2.09. The highest BCUT2D eigenvalue weighted by molar-refractivity contribution is 6.29. The van der Waals surface area contributed by atoms with E-state index in [0.29, 0.717) is 5.15 Å². The lowest BCUT2D eigenvalue weighted by atomic mass is 9.77. The van der Waals surface area contributed by atoms with E-state index >= 15 is 0 Å². The maximum Gasteiger partial charge on any atom is 0.131 e. The third-order valence-corrected chi connectivity index (χ3v) is 2.96. The summed E-state index contributed by atoms with van der Waals surface area (Å²) >= 11 is 5.76. The van der Waals surface area contributed by atoms with Crippen LogP contribution < -0.4 is 5.32 Å². The Hall–Kier alpha value is -0.800. The Labute approximate surface area is 88.1 Å². The SMILES string of the molecule is OCC1(Nc2ccnc(Cl)c2)CCC1. The van der Waals surface area contributed by atoms with Gasteiger partial charge in [0.15, 0.2) is 0 Å². The van der Waals surface area contributed by atoms with Gasteiger partial charge in [0, 0.05) is 11.9 Å². The molecule has 2 rings (SSSR count). The quantitative estimate of drug-likeness (QED) is 0.754. The molecular formula is C10H13ClN2O. The molecule has 14 heavy (non-hydrogen) atoms. The van der Waals surface area contributed by atoms with Gasteiger partial charge in [0.1, 0.15) is 5.15 Å². The molecule has 0 bridgehead atoms. The summed E-state index contributed by atoms with van der Waals surface area (Å²) < 4.78 is 0. The van der Waals surface area contributed by atoms with Crippen molar-refractivity contribution in [2.45, 2.75) is 24.8 Å². The van der Waals surface area contributed by atoms with Gasteiger partial charge in [-0.1, -0.05) is 11.6 Å². The summed E-state index contributed by atoms with van der Waals surface area (Å²) in [6.45, 7) is 0.174. The van der Waals surface area contributed by atoms with Gasteiger partial charge in [0.2, 0.25) is 0 Å². The second kappa shape index (κ2) is 3.75. The summed E-state index contributed by atoms with van der Waals surface area (Å²) in [5.41, 5.74) is 0.809. The number of rotatable bonds is 3. The number of aliphatic hydroxyl groups excluding tert-OH is 1. The Morgan fingerprint density at radius 1 is 1.57 bits per heavy atom. The van der Waals surface area contributed by atoms with Gasteiger partial charge in [-0.2, -0.15) is 0 Å². The van der Waals surface area contributed by atoms with Crippen LogP contribution in [-0.2, 0) is 0 Å². The minimum Gasteiger partial charge on any atom is -0.394 e. The average molecular weight is 213 g/mol. The van der Waals surface area contributed by atoms with Crippen LogP contribution in [0.1, 0.15) is 19.3 Å². The van der Waals surface area contributed by atoms with Crippen molar-refractivity contribution in [3.05, 3.63) is 23.5 Å². The molecule has 1 aliphatic rings. The van der Waals surface area contributed by atoms with E-state index in [1.807, 2.05) is 6.07 Å². The predicted molar refractivity (Wildman–Crippen MR) is 56.5 cm³/mol. The van der Waals surface area contributed by atoms with E-state index in [-0.39, 0.29) is 12.1 Å². The molecule has 0 unspecified atom stereocenters. The van der Waals surface area contributed by atoms with Gasteiger partial charge >= 0.3 is 0 Å². The van der Waals surface area contributed by atoms with Gasteiger partial charge in [-0.15, -0.1) is 0 Å². The number of halogens is 1. The molecule has 1 saturated carbocycles. The summed E-state index contributed by atoms with van der Waals surface area (Å²) in [5, 5.41) is 13.0. The molecule has 1 aromatic heterocycles. The van der Waals surface area contributed by atoms with E-state index in [4.69, 9.17) is 11.6 Å². The predicted octanol–water partition coefficient (Wildman–Crippen LogP) is 2.06. The average Bonchev–Trinajstić information content (AvgIpc) is 2.11. The Morgan fingerprint density at radius 3 is 2.86 bits per heavy atom. The number of nitrogens with one attached hydrogen (secondary N) is 1. The van der Waals surface area contributed by atoms with Crippen molar-refractivity contribution in [2.75, 3.05) is 11.9 Å². The van der Waals surface area contributed by atoms with E-state index < -0.39 is 0 Å². The monoisotopic (exact) mass is 212 g/mol. The maximum atomic E-state index is 9.26. The van der Waals surface area contributed by atoms with Gasteiger partial charge in [0.05, 0.1) is 12.1 Å². The van der Waals surface area contributed by atoms with Crippen molar-refractivity contribution in [1.82, 2.24) is 4.98 Å². The second-order valence-corrected chi connectivity index (χ2v) is 4.17. The molecule has 0 saturated heterocycles. The normalized spacial score (nSPS) is 18.7. The van der Waals surface area contributed by atoms with Crippen LogP contribution in [-0.4, -0.2) is 22.2 Å². The third kappa shape index (κ3) is 1.83. The molecule has 1 aliphatic carbocycles. The van der Waals surface area contributed by atoms with E-state index in [2.05, 4.69) is 10.3 Å². The maximum absolute atomic E-state index is 9.26. The van der Waals surface area contributed by atoms with Gasteiger partial charge in [0.25, 0.3) is 0 Å². The molecule has 76 valence electrons. The summed E-state index contributed by atoms with van der Waals surface area (Å²) in [6, 6.07) is 3.64. The van der Waals surface area contributed by atoms with E-state index in [9.17, 15) is 5.11 Å². The van der Waals surface area contributed by atoms with Crippen LogP contribution >= 0.6 is 11.6 Å². The van der Waals surface area contributed by atoms with Crippen LogP contribution in [0.2, 0.25) is 5.15 Å². The van der Waals surface area contributed by atoms with Crippen molar-refractivity contribution in [3.8, 4) is 0 Å². The molecule has 0 amide bonds. The molecule has 0 radical (unpaired) electrons. The molecule has 0 aliphatic heterocycles. The fraction of sp³-hybridized carbons (Fsp3) is 0.500. The van der Waals surface area contributed by atoms with Crippen LogP contribution in [0.4, 0.5) is 5.69 Å². The lowest BCUT2D eigenvalue weighted by molar-refractivity contribution is 0.144. The van der Waals surface area contributed by atoms with E-state index in [0.717, 1.165) is 18.5 Å². The molecule has 1 fully saturated rings. The number of hydrogen-bond acceptors (Lipinski definition) is 3. The van der Waals surface area contributed by atoms with Gasteiger partial charge in [-0.3, -0.25) is 0 Å². The topological polar surface area (TPSA) is 45.1 Å². The standard InChI is InChI=1S/C10H13ClN2O/c11-9-6-8(2-5-12-9)13-10(7-14)3-1-4-10/h2,5-6,14H,1,3-4,7H2,(H,12,13). The van der Waals surface area contributed by atoms with Crippen LogP contribution in [0.5, 0.6) is 0 Å². The van der Waals surface area contributed by atoms with Gasteiger partial charge < -0.3 is 10.4 Å². The van der Waals surface area contributed by atoms with Crippen molar-refractivity contribution in [1.29, 1.82) is 0 Å². The molecule has 1 aromatic rings. The van der Waals surface area contributed by atoms with Crippen LogP contribution in [0.25, 0.3) is 0 Å². The highest BCUT2D eigenvalue weighted by Crippen LogP contribution is 2.34. The van der Waals surface area contributed by atoms with Crippen LogP contribution in [0.15, 0.2) is 18.3 Å². The zero-order chi connectivity index (χ0) is 10.0. The highest BCUT2D eigenvalue weighted by atomic mass is 35.5. The summed E-state index contributed by atoms with van der Waals surface area (Å²) in [6.07, 6.45) is 4.87. The smallest absolute Gasteiger partial charge is 0.131 e. The first-order chi connectivity index (χ1) is 6.74. The molecule has 0 aromatic carbocycles. The number of anilines is 1. The van der Waals surface area contributed by atoms with E-state index in [1.165, 1.54) is 6.42 Å². The first-order valence-corrected chi connectivity index (χ1v) is 5.12. The highest BCUT2D eigenvalue weighted by Gasteiger charge is 2.36. The summed E-state index contributed by atoms with van der Waals surface area (Å²) in [5.74, 6) is 0. The molecule has 0 spiro atoms. The largest absolute Gasteiger partial charge is 0.394 e. The van der Waals surface area contributed by atoms with Crippen molar-refractivity contribution >= 4 is 17.3 Å². The molecule has 2 N–H and O–H groups in total. The molecule has 1 heterocycles. The molecule has 3 nitrogen and oxygen atoms in total. The minimum absolute atomic E-state index is 0.120. The lowest BCUT2D eigenvalue weighted by Crippen LogP contribution is -2.48. The molecular weight excluding hydrogens is 200 g/mol. The Bertz CT molecular complexity index is 320. The number of hydrogen-bond donors (Lipinski definition) is 2. The van der Waals surface area contributed by atoms with Crippen LogP contribution in [0, 0.1) is 0 Å². The zero-order valence-corrected chi connectivity index (χ0v) is 8.59. The minimum atomic E-state index is -0.120. The fourth-order valence-corrected chi connectivity index (χ4v) is 1.89. The summed E-state index contributed by atoms with van der Waals surface area (Å²) in [7, 11) is 0. The number of pyridine rings is 1. The molecule has 4 heteroatoms. The van der Waals surface area contributed by atoms with Crippen molar-refractivity contribution in [2.24, 2.45) is 0 Å². The number of aromatic nitrogens is 1. The first-order valence-electron chi connectivity index (χ1n) is 4.75. The first kappa shape index (κ1) is 9.74. The fourth-order valence-electron chi connectivity index (χ4n) is 1.71. The number of nitrogens with zero attached hydrogens (tertiary/aromatic N) is 1. The third-order valence-electron chi connectivity index (χ3n) is 2.75. The molecule has 0 atom stereocenters. The Kier molecular flexibility index (Phi) is 2.61. The van der Waals surface area contributed by atoms with Gasteiger partial charge in [-0.05, 0) is 31.4 Å². The Morgan fingerprint density at radius 2 is 2.36 bits per heavy atom. The lowest BCUT2D eigenvalue weighted by Gasteiger charge is -2.41. The second-order valence-electron chi connectivity index (χ2n) is 3.78. The zero-order valence-electron chi connectivity index (χ0n) is 7.83. The van der Waals surface area contributed by atoms with Crippen LogP contribution in [0.3, 0.4) is 0 Å². The van der Waals surface area contributed by atoms with Crippen molar-refractivity contribution < 1.29 is 5.11 Å². The number of aliphatic hydroxyl groups is 1. The van der Waals surface area contributed by atoms with Gasteiger partial charge in [-0.25, -0.2) is 4.98 Å². The van der Waals surface area contributed by atoms with Crippen molar-refractivity contribution in [3.63, 3.8) is 0 Å². The summed E-state index contributed by atoms with van der Waals surface area (Å²) in [4.78, 5) is 3.90. The van der Waals surface area contributed by atoms with E-state index in [1.54, 1.807) is 12.3 Å².